The van der Waals surface area contributed by atoms with Gasteiger partial charge in [0.1, 0.15) is 0 Å². The zero-order valence-electron chi connectivity index (χ0n) is 15.4. The molecule has 2 atom stereocenters. The van der Waals surface area contributed by atoms with Crippen LogP contribution in [0.4, 0.5) is 0 Å². The highest BCUT2D eigenvalue weighted by atomic mass is 17.2. The Bertz CT molecular complexity index is 245. The lowest BCUT2D eigenvalue weighted by atomic mass is 10.0. The van der Waals surface area contributed by atoms with Crippen LogP contribution in [0.25, 0.3) is 0 Å². The van der Waals surface area contributed by atoms with E-state index in [0.29, 0.717) is 6.42 Å². The molecule has 23 heavy (non-hydrogen) atoms. The van der Waals surface area contributed by atoms with Gasteiger partial charge in [-0.15, -0.1) is 0 Å². The van der Waals surface area contributed by atoms with Crippen molar-refractivity contribution < 1.29 is 14.9 Å². The van der Waals surface area contributed by atoms with Crippen LogP contribution in [-0.2, 0) is 9.78 Å². The molecule has 0 aromatic rings. The average molecular weight is 329 g/mol. The van der Waals surface area contributed by atoms with Gasteiger partial charge in [-0.3, -0.25) is 0 Å². The molecule has 1 N–H and O–H groups in total. The number of rotatable bonds is 16. The molecule has 0 radical (unpaired) electrons. The summed E-state index contributed by atoms with van der Waals surface area (Å²) in [6.07, 6.45) is 21.3. The highest BCUT2D eigenvalue weighted by molar-refractivity contribution is 4.69. The molecule has 3 heteroatoms. The second-order valence-corrected chi connectivity index (χ2v) is 7.22. The number of unbranched alkanes of at least 4 members (excludes halogenated alkanes) is 12. The first-order valence-electron chi connectivity index (χ1n) is 10.3. The van der Waals surface area contributed by atoms with Gasteiger partial charge in [0, 0.05) is 13.0 Å². The molecule has 1 aliphatic heterocycles. The average Bonchev–Trinajstić information content (AvgIpc) is 3.00. The molecule has 0 aliphatic carbocycles. The molecule has 1 heterocycles. The van der Waals surface area contributed by atoms with Gasteiger partial charge in [-0.05, 0) is 12.8 Å². The van der Waals surface area contributed by atoms with Crippen LogP contribution in [0.1, 0.15) is 110 Å². The fraction of sp³-hybridized carbons (Fsp3) is 1.00. The van der Waals surface area contributed by atoms with Crippen LogP contribution in [0.2, 0.25) is 0 Å². The lowest BCUT2D eigenvalue weighted by molar-refractivity contribution is -0.298. The molecule has 1 fully saturated rings. The summed E-state index contributed by atoms with van der Waals surface area (Å²) in [7, 11) is 0. The molecule has 0 aromatic carbocycles. The fourth-order valence-electron chi connectivity index (χ4n) is 3.39. The first-order valence-corrected chi connectivity index (χ1v) is 10.3. The van der Waals surface area contributed by atoms with Crippen molar-refractivity contribution >= 4 is 0 Å². The summed E-state index contributed by atoms with van der Waals surface area (Å²) in [4.78, 5) is 10.5. The molecule has 0 saturated carbocycles. The van der Waals surface area contributed by atoms with E-state index < -0.39 is 0 Å². The van der Waals surface area contributed by atoms with Gasteiger partial charge in [-0.2, -0.15) is 0 Å². The summed E-state index contributed by atoms with van der Waals surface area (Å²) in [5.41, 5.74) is 0. The minimum Gasteiger partial charge on any atom is -0.396 e. The normalized spacial score (nSPS) is 21.1. The largest absolute Gasteiger partial charge is 0.396 e. The van der Waals surface area contributed by atoms with Gasteiger partial charge in [0.15, 0.2) is 0 Å². The van der Waals surface area contributed by atoms with Gasteiger partial charge in [0.2, 0.25) is 0 Å². The van der Waals surface area contributed by atoms with E-state index in [0.717, 1.165) is 12.8 Å². The highest BCUT2D eigenvalue weighted by Gasteiger charge is 2.26. The summed E-state index contributed by atoms with van der Waals surface area (Å²) in [5, 5.41) is 8.88. The van der Waals surface area contributed by atoms with Crippen LogP contribution >= 0.6 is 0 Å². The van der Waals surface area contributed by atoms with E-state index in [-0.39, 0.29) is 18.8 Å². The summed E-state index contributed by atoms with van der Waals surface area (Å²) in [5.74, 6) is 0. The third-order valence-electron chi connectivity index (χ3n) is 4.93. The lowest BCUT2D eigenvalue weighted by Crippen LogP contribution is -2.08. The first-order chi connectivity index (χ1) is 11.4. The smallest absolute Gasteiger partial charge is 0.0977 e. The van der Waals surface area contributed by atoms with Crippen molar-refractivity contribution in [1.82, 2.24) is 0 Å². The number of aliphatic hydroxyl groups is 1. The van der Waals surface area contributed by atoms with E-state index in [4.69, 9.17) is 14.9 Å². The Morgan fingerprint density at radius 2 is 1.09 bits per heavy atom. The van der Waals surface area contributed by atoms with Crippen molar-refractivity contribution in [2.75, 3.05) is 6.61 Å². The second kappa shape index (κ2) is 15.4. The Balaban J connectivity index is 1.74. The van der Waals surface area contributed by atoms with E-state index in [1.54, 1.807) is 0 Å². The summed E-state index contributed by atoms with van der Waals surface area (Å²) < 4.78 is 0. The van der Waals surface area contributed by atoms with Gasteiger partial charge >= 0.3 is 0 Å². The Labute approximate surface area is 144 Å². The van der Waals surface area contributed by atoms with E-state index in [1.807, 2.05) is 0 Å². The molecule has 1 aliphatic rings. The van der Waals surface area contributed by atoms with Crippen molar-refractivity contribution in [2.45, 2.75) is 122 Å². The van der Waals surface area contributed by atoms with Crippen molar-refractivity contribution in [2.24, 2.45) is 0 Å². The van der Waals surface area contributed by atoms with Crippen molar-refractivity contribution in [3.8, 4) is 0 Å². The number of hydrogen-bond acceptors (Lipinski definition) is 3. The molecule has 0 unspecified atom stereocenters. The van der Waals surface area contributed by atoms with Gasteiger partial charge < -0.3 is 5.11 Å². The Kier molecular flexibility index (Phi) is 14.0. The van der Waals surface area contributed by atoms with E-state index in [1.165, 1.54) is 83.5 Å². The standard InChI is InChI=1S/C20H40O3/c1-2-3-4-5-6-7-8-9-10-11-12-13-14-15-19-18-20(16-17-21)23-22-19/h19-21H,2-18H2,1H3/t19-,20+/m0/s1. The highest BCUT2D eigenvalue weighted by Crippen LogP contribution is 2.23. The topological polar surface area (TPSA) is 38.7 Å². The van der Waals surface area contributed by atoms with E-state index in [9.17, 15) is 0 Å². The number of aliphatic hydroxyl groups excluding tert-OH is 1. The van der Waals surface area contributed by atoms with Crippen molar-refractivity contribution in [3.05, 3.63) is 0 Å². The van der Waals surface area contributed by atoms with E-state index >= 15 is 0 Å². The third kappa shape index (κ3) is 12.0. The zero-order chi connectivity index (χ0) is 16.6. The second-order valence-electron chi connectivity index (χ2n) is 7.22. The Morgan fingerprint density at radius 1 is 0.652 bits per heavy atom. The van der Waals surface area contributed by atoms with Crippen molar-refractivity contribution in [1.29, 1.82) is 0 Å². The molecule has 0 spiro atoms. The van der Waals surface area contributed by atoms with Crippen LogP contribution in [-0.4, -0.2) is 23.9 Å². The van der Waals surface area contributed by atoms with Gasteiger partial charge in [0.05, 0.1) is 12.2 Å². The van der Waals surface area contributed by atoms with Crippen LogP contribution in [0, 0.1) is 0 Å². The maximum Gasteiger partial charge on any atom is 0.0977 e. The van der Waals surface area contributed by atoms with Crippen LogP contribution in [0.5, 0.6) is 0 Å². The Morgan fingerprint density at radius 3 is 1.57 bits per heavy atom. The van der Waals surface area contributed by atoms with Gasteiger partial charge in [-0.1, -0.05) is 90.4 Å². The van der Waals surface area contributed by atoms with E-state index in [2.05, 4.69) is 6.92 Å². The number of hydrogen-bond donors (Lipinski definition) is 1. The predicted octanol–water partition coefficient (Wildman–Crippen LogP) is 5.94. The molecule has 0 aromatic heterocycles. The molecule has 1 saturated heterocycles. The maximum atomic E-state index is 8.88. The summed E-state index contributed by atoms with van der Waals surface area (Å²) in [6.45, 7) is 2.47. The molecular formula is C20H40O3. The lowest BCUT2D eigenvalue weighted by Gasteiger charge is -2.06. The molecule has 0 bridgehead atoms. The third-order valence-corrected chi connectivity index (χ3v) is 4.93. The van der Waals surface area contributed by atoms with Gasteiger partial charge in [0.25, 0.3) is 0 Å². The monoisotopic (exact) mass is 328 g/mol. The SMILES string of the molecule is CCCCCCCCCCCCCCC[C@H]1C[C@@H](CCO)OO1. The minimum absolute atomic E-state index is 0.118. The molecule has 1 rings (SSSR count). The summed E-state index contributed by atoms with van der Waals surface area (Å²) >= 11 is 0. The summed E-state index contributed by atoms with van der Waals surface area (Å²) in [6, 6.07) is 0. The van der Waals surface area contributed by atoms with Crippen LogP contribution < -0.4 is 0 Å². The molecule has 0 amide bonds. The Hall–Kier alpha value is -0.120. The van der Waals surface area contributed by atoms with Crippen molar-refractivity contribution in [3.63, 3.8) is 0 Å². The zero-order valence-corrected chi connectivity index (χ0v) is 15.4. The van der Waals surface area contributed by atoms with Gasteiger partial charge in [-0.25, -0.2) is 9.78 Å². The molecule has 3 nitrogen and oxygen atoms in total. The minimum atomic E-state index is 0.118. The quantitative estimate of drug-likeness (QED) is 0.281. The van der Waals surface area contributed by atoms with Crippen LogP contribution in [0.3, 0.4) is 0 Å². The first kappa shape index (κ1) is 20.9. The maximum absolute atomic E-state index is 8.88. The fourth-order valence-corrected chi connectivity index (χ4v) is 3.39. The molecular weight excluding hydrogens is 288 g/mol. The molecule has 138 valence electrons. The van der Waals surface area contributed by atoms with Crippen LogP contribution in [0.15, 0.2) is 0 Å². The predicted molar refractivity (Wildman–Crippen MR) is 96.4 cm³/mol.